The molecule has 2 aromatic carbocycles. The van der Waals surface area contributed by atoms with E-state index in [-0.39, 0.29) is 11.9 Å². The fraction of sp³-hybridized carbons (Fsp3) is 0.300. The minimum atomic E-state index is -0.373. The van der Waals surface area contributed by atoms with Crippen LogP contribution >= 0.6 is 0 Å². The van der Waals surface area contributed by atoms with Gasteiger partial charge in [-0.3, -0.25) is 4.79 Å². The Kier molecular flexibility index (Phi) is 5.33. The molecule has 0 aromatic heterocycles. The summed E-state index contributed by atoms with van der Waals surface area (Å²) in [6, 6.07) is 14.7. The van der Waals surface area contributed by atoms with Crippen molar-refractivity contribution in [3.05, 3.63) is 59.7 Å². The van der Waals surface area contributed by atoms with Crippen LogP contribution in [0.3, 0.4) is 0 Å². The van der Waals surface area contributed by atoms with E-state index in [0.29, 0.717) is 31.6 Å². The van der Waals surface area contributed by atoms with Gasteiger partial charge in [0.25, 0.3) is 0 Å². The number of methoxy groups -OCH3 is 1. The summed E-state index contributed by atoms with van der Waals surface area (Å²) in [4.78, 5) is 25.8. The number of anilines is 1. The molecule has 1 heterocycles. The van der Waals surface area contributed by atoms with Crippen molar-refractivity contribution in [3.63, 3.8) is 0 Å². The lowest BCUT2D eigenvalue weighted by molar-refractivity contribution is -0.117. The quantitative estimate of drug-likeness (QED) is 0.758. The van der Waals surface area contributed by atoms with Crippen LogP contribution in [0.5, 0.6) is 5.75 Å². The van der Waals surface area contributed by atoms with Crippen molar-refractivity contribution in [2.24, 2.45) is 0 Å². The van der Waals surface area contributed by atoms with Crippen LogP contribution in [0.1, 0.15) is 28.8 Å². The summed E-state index contributed by atoms with van der Waals surface area (Å²) in [6.45, 7) is 1.01. The van der Waals surface area contributed by atoms with Crippen molar-refractivity contribution in [3.8, 4) is 5.75 Å². The van der Waals surface area contributed by atoms with E-state index in [1.165, 1.54) is 0 Å². The van der Waals surface area contributed by atoms with Crippen LogP contribution < -0.4 is 9.64 Å². The third-order valence-corrected chi connectivity index (χ3v) is 4.25. The average Bonchev–Trinajstić information content (AvgIpc) is 3.08. The molecule has 2 aromatic rings. The first-order valence-electron chi connectivity index (χ1n) is 8.38. The summed E-state index contributed by atoms with van der Waals surface area (Å²) in [5.74, 6) is 0.529. The summed E-state index contributed by atoms with van der Waals surface area (Å²) < 4.78 is 10.5. The summed E-state index contributed by atoms with van der Waals surface area (Å²) in [5, 5.41) is 0. The van der Waals surface area contributed by atoms with Gasteiger partial charge in [-0.05, 0) is 42.3 Å². The summed E-state index contributed by atoms with van der Waals surface area (Å²) >= 11 is 0. The van der Waals surface area contributed by atoms with Gasteiger partial charge in [0, 0.05) is 25.1 Å². The molecule has 0 aliphatic carbocycles. The lowest BCUT2D eigenvalue weighted by atomic mass is 10.1. The molecule has 1 fully saturated rings. The maximum absolute atomic E-state index is 12.2. The van der Waals surface area contributed by atoms with E-state index in [1.807, 2.05) is 30.3 Å². The van der Waals surface area contributed by atoms with Crippen molar-refractivity contribution in [2.75, 3.05) is 25.2 Å². The molecule has 0 spiro atoms. The minimum absolute atomic E-state index is 0.102. The van der Waals surface area contributed by atoms with Gasteiger partial charge in [0.2, 0.25) is 5.91 Å². The molecule has 1 aliphatic heterocycles. The fourth-order valence-electron chi connectivity index (χ4n) is 2.86. The zero-order chi connectivity index (χ0) is 17.6. The Morgan fingerprint density at radius 2 is 1.96 bits per heavy atom. The van der Waals surface area contributed by atoms with Crippen LogP contribution in [-0.4, -0.2) is 32.1 Å². The third-order valence-electron chi connectivity index (χ3n) is 4.25. The zero-order valence-electron chi connectivity index (χ0n) is 14.2. The molecule has 130 valence electrons. The van der Waals surface area contributed by atoms with Gasteiger partial charge in [-0.25, -0.2) is 4.79 Å². The molecule has 5 nitrogen and oxygen atoms in total. The largest absolute Gasteiger partial charge is 0.497 e. The SMILES string of the molecule is COc1ccc(CCOC(=O)c2cccc(N3CCCC3=O)c2)cc1. The highest BCUT2D eigenvalue weighted by atomic mass is 16.5. The van der Waals surface area contributed by atoms with Crippen molar-refractivity contribution in [2.45, 2.75) is 19.3 Å². The number of carbonyl (C=O) groups excluding carboxylic acids is 2. The Labute approximate surface area is 147 Å². The van der Waals surface area contributed by atoms with Gasteiger partial charge < -0.3 is 14.4 Å². The average molecular weight is 339 g/mol. The smallest absolute Gasteiger partial charge is 0.338 e. The van der Waals surface area contributed by atoms with Crippen LogP contribution in [0, 0.1) is 0 Å². The van der Waals surface area contributed by atoms with E-state index in [2.05, 4.69) is 0 Å². The predicted octanol–water partition coefficient (Wildman–Crippen LogP) is 3.22. The van der Waals surface area contributed by atoms with E-state index in [0.717, 1.165) is 23.4 Å². The van der Waals surface area contributed by atoms with Gasteiger partial charge >= 0.3 is 5.97 Å². The molecular weight excluding hydrogens is 318 g/mol. The molecule has 0 radical (unpaired) electrons. The van der Waals surface area contributed by atoms with Gasteiger partial charge in [0.1, 0.15) is 5.75 Å². The number of benzene rings is 2. The second-order valence-corrected chi connectivity index (χ2v) is 5.93. The summed E-state index contributed by atoms with van der Waals surface area (Å²) in [6.07, 6.45) is 2.06. The molecule has 0 saturated carbocycles. The molecule has 1 amide bonds. The first kappa shape index (κ1) is 17.0. The first-order chi connectivity index (χ1) is 12.2. The topological polar surface area (TPSA) is 55.8 Å². The Morgan fingerprint density at radius 1 is 1.16 bits per heavy atom. The van der Waals surface area contributed by atoms with Gasteiger partial charge in [-0.1, -0.05) is 18.2 Å². The number of nitrogens with zero attached hydrogens (tertiary/aromatic N) is 1. The number of rotatable bonds is 6. The normalized spacial score (nSPS) is 13.8. The van der Waals surface area contributed by atoms with Gasteiger partial charge in [-0.2, -0.15) is 0 Å². The molecule has 3 rings (SSSR count). The van der Waals surface area contributed by atoms with E-state index in [4.69, 9.17) is 9.47 Å². The minimum Gasteiger partial charge on any atom is -0.497 e. The van der Waals surface area contributed by atoms with Crippen LogP contribution in [0.25, 0.3) is 0 Å². The number of carbonyl (C=O) groups is 2. The third kappa shape index (κ3) is 4.18. The Morgan fingerprint density at radius 3 is 2.64 bits per heavy atom. The second kappa shape index (κ2) is 7.83. The maximum Gasteiger partial charge on any atom is 0.338 e. The lowest BCUT2D eigenvalue weighted by Crippen LogP contribution is -2.23. The van der Waals surface area contributed by atoms with Gasteiger partial charge in [0.15, 0.2) is 0 Å². The molecule has 5 heteroatoms. The highest BCUT2D eigenvalue weighted by Gasteiger charge is 2.22. The van der Waals surface area contributed by atoms with Gasteiger partial charge in [-0.15, -0.1) is 0 Å². The molecule has 0 N–H and O–H groups in total. The number of hydrogen-bond acceptors (Lipinski definition) is 4. The number of amides is 1. The highest BCUT2D eigenvalue weighted by molar-refractivity contribution is 5.97. The molecule has 25 heavy (non-hydrogen) atoms. The Hall–Kier alpha value is -2.82. The van der Waals surface area contributed by atoms with Crippen LogP contribution in [0.2, 0.25) is 0 Å². The van der Waals surface area contributed by atoms with Crippen LogP contribution in [0.4, 0.5) is 5.69 Å². The number of ether oxygens (including phenoxy) is 2. The molecule has 0 bridgehead atoms. The van der Waals surface area contributed by atoms with E-state index < -0.39 is 0 Å². The van der Waals surface area contributed by atoms with Crippen molar-refractivity contribution in [1.82, 2.24) is 0 Å². The number of esters is 1. The predicted molar refractivity (Wildman–Crippen MR) is 95.0 cm³/mol. The van der Waals surface area contributed by atoms with E-state index in [9.17, 15) is 9.59 Å². The molecular formula is C20H21NO4. The Balaban J connectivity index is 1.56. The maximum atomic E-state index is 12.2. The van der Waals surface area contributed by atoms with Gasteiger partial charge in [0.05, 0.1) is 19.3 Å². The molecule has 1 aliphatic rings. The molecule has 0 atom stereocenters. The van der Waals surface area contributed by atoms with Crippen molar-refractivity contribution >= 4 is 17.6 Å². The molecule has 0 unspecified atom stereocenters. The van der Waals surface area contributed by atoms with E-state index >= 15 is 0 Å². The molecule has 1 saturated heterocycles. The summed E-state index contributed by atoms with van der Waals surface area (Å²) in [7, 11) is 1.63. The van der Waals surface area contributed by atoms with Crippen molar-refractivity contribution < 1.29 is 19.1 Å². The highest BCUT2D eigenvalue weighted by Crippen LogP contribution is 2.22. The Bertz CT molecular complexity index is 755. The fourth-order valence-corrected chi connectivity index (χ4v) is 2.86. The zero-order valence-corrected chi connectivity index (χ0v) is 14.2. The standard InChI is InChI=1S/C20H21NO4/c1-24-18-9-7-15(8-10-18)11-13-25-20(23)16-4-2-5-17(14-16)21-12-3-6-19(21)22/h2,4-5,7-10,14H,3,6,11-13H2,1H3. The summed E-state index contributed by atoms with van der Waals surface area (Å²) in [5.41, 5.74) is 2.30. The van der Waals surface area contributed by atoms with Crippen LogP contribution in [-0.2, 0) is 16.0 Å². The monoisotopic (exact) mass is 339 g/mol. The van der Waals surface area contributed by atoms with E-state index in [1.54, 1.807) is 30.2 Å². The lowest BCUT2D eigenvalue weighted by Gasteiger charge is -2.16. The first-order valence-corrected chi connectivity index (χ1v) is 8.38. The number of hydrogen-bond donors (Lipinski definition) is 0. The van der Waals surface area contributed by atoms with Crippen molar-refractivity contribution in [1.29, 1.82) is 0 Å². The van der Waals surface area contributed by atoms with Crippen LogP contribution in [0.15, 0.2) is 48.5 Å². The second-order valence-electron chi connectivity index (χ2n) is 5.93.